The van der Waals surface area contributed by atoms with Crippen LogP contribution in [0.4, 0.5) is 0 Å². The van der Waals surface area contributed by atoms with Crippen molar-refractivity contribution in [2.75, 3.05) is 0 Å². The minimum Gasteiger partial charge on any atom is -0.485 e. The Balaban J connectivity index is 2.14. The third kappa shape index (κ3) is 2.65. The molecule has 0 atom stereocenters. The van der Waals surface area contributed by atoms with Crippen LogP contribution in [0.25, 0.3) is 26.7 Å². The highest BCUT2D eigenvalue weighted by Crippen LogP contribution is 2.41. The van der Waals surface area contributed by atoms with E-state index in [1.165, 1.54) is 0 Å². The molecule has 0 bridgehead atoms. The minimum atomic E-state index is -0.806. The lowest BCUT2D eigenvalue weighted by atomic mass is 9.94. The largest absolute Gasteiger partial charge is 0.563 e. The second-order valence-corrected chi connectivity index (χ2v) is 5.90. The number of rotatable bonds is 2. The summed E-state index contributed by atoms with van der Waals surface area (Å²) in [5, 5.41) is 17.5. The highest BCUT2D eigenvalue weighted by molar-refractivity contribution is 5.87. The zero-order valence-corrected chi connectivity index (χ0v) is 13.7. The van der Waals surface area contributed by atoms with Gasteiger partial charge in [0, 0.05) is 16.5 Å². The molecule has 0 saturated heterocycles. The smallest absolute Gasteiger partial charge is 0.485 e. The number of fused-ring (bicyclic) bond motifs is 1. The first-order valence-corrected chi connectivity index (χ1v) is 7.45. The summed E-state index contributed by atoms with van der Waals surface area (Å²) in [4.78, 5) is 6.33. The van der Waals surface area contributed by atoms with Crippen LogP contribution in [-0.2, 0) is 4.74 Å². The first-order valence-electron chi connectivity index (χ1n) is 7.45. The molecule has 2 aromatic rings. The third-order valence-corrected chi connectivity index (χ3v) is 3.97. The number of H-pyrrole nitrogens is 1. The van der Waals surface area contributed by atoms with Crippen molar-refractivity contribution in [2.24, 2.45) is 0 Å². The van der Waals surface area contributed by atoms with Crippen LogP contribution in [-0.4, -0.2) is 15.8 Å². The average Bonchev–Trinajstić information content (AvgIpc) is 3.16. The van der Waals surface area contributed by atoms with E-state index in [0.717, 1.165) is 16.5 Å². The highest BCUT2D eigenvalue weighted by Gasteiger charge is 2.41. The van der Waals surface area contributed by atoms with E-state index in [1.807, 2.05) is 24.3 Å². The first-order chi connectivity index (χ1) is 12.0. The van der Waals surface area contributed by atoms with Gasteiger partial charge in [-0.25, -0.2) is 0 Å². The Morgan fingerprint density at radius 2 is 2.08 bits per heavy atom. The molecule has 1 aromatic heterocycles. The van der Waals surface area contributed by atoms with Gasteiger partial charge in [-0.1, -0.05) is 30.4 Å². The van der Waals surface area contributed by atoms with E-state index in [4.69, 9.17) is 17.9 Å². The first kappa shape index (κ1) is 16.1. The molecular weight excluding hydrogens is 314 g/mol. The highest BCUT2D eigenvalue weighted by atomic mass is 16.5. The van der Waals surface area contributed by atoms with Crippen molar-refractivity contribution in [1.29, 1.82) is 5.26 Å². The zero-order valence-electron chi connectivity index (χ0n) is 13.7. The van der Waals surface area contributed by atoms with Gasteiger partial charge < -0.3 is 4.74 Å². The molecule has 6 nitrogen and oxygen atoms in total. The Labute approximate surface area is 145 Å². The number of benzene rings is 1. The molecule has 1 aromatic carbocycles. The maximum atomic E-state index is 9.54. The van der Waals surface area contributed by atoms with Crippen molar-refractivity contribution in [3.63, 3.8) is 0 Å². The summed E-state index contributed by atoms with van der Waals surface area (Å²) in [5.74, 6) is -0.180. The number of para-hydroxylation sites is 1. The minimum absolute atomic E-state index is 0.0527. The number of hydrogen-bond donors (Lipinski definition) is 1. The lowest BCUT2D eigenvalue weighted by Gasteiger charge is -2.20. The van der Waals surface area contributed by atoms with Gasteiger partial charge >= 0.3 is 5.82 Å². The van der Waals surface area contributed by atoms with Gasteiger partial charge in [0.15, 0.2) is 0 Å². The summed E-state index contributed by atoms with van der Waals surface area (Å²) in [7, 11) is 0. The number of aromatic amines is 1. The van der Waals surface area contributed by atoms with Crippen molar-refractivity contribution in [1.82, 2.24) is 10.2 Å². The topological polar surface area (TPSA) is 70.4 Å². The summed E-state index contributed by atoms with van der Waals surface area (Å²) < 4.78 is 5.75. The molecule has 0 unspecified atom stereocenters. The van der Waals surface area contributed by atoms with E-state index in [2.05, 4.69) is 26.0 Å². The lowest BCUT2D eigenvalue weighted by molar-refractivity contribution is 0.0951. The Kier molecular flexibility index (Phi) is 3.85. The molecule has 0 spiro atoms. The van der Waals surface area contributed by atoms with Crippen LogP contribution in [0.2, 0.25) is 0 Å². The lowest BCUT2D eigenvalue weighted by Crippen LogP contribution is -2.20. The standard InChI is InChI=1S/C19H13N5O/c1-19(2)15(14(10-20)17(25-19)18(21-3)22-4)9-8-12-6-5-7-13-11-23-24-16(12)13/h5-9,11H,1-2H3,(H,23,24)/b9-8+. The number of hydrogen-bond acceptors (Lipinski definition) is 3. The van der Waals surface area contributed by atoms with E-state index in [-0.39, 0.29) is 17.2 Å². The normalized spacial score (nSPS) is 15.7. The monoisotopic (exact) mass is 327 g/mol. The predicted molar refractivity (Wildman–Crippen MR) is 93.2 cm³/mol. The molecule has 25 heavy (non-hydrogen) atoms. The van der Waals surface area contributed by atoms with E-state index in [9.17, 15) is 5.26 Å². The maximum Gasteiger partial charge on any atom is 0.563 e. The molecule has 1 aliphatic rings. The fraction of sp³-hybridized carbons (Fsp3) is 0.158. The van der Waals surface area contributed by atoms with E-state index in [1.54, 1.807) is 26.1 Å². The van der Waals surface area contributed by atoms with Crippen LogP contribution in [0.5, 0.6) is 0 Å². The average molecular weight is 327 g/mol. The van der Waals surface area contributed by atoms with Gasteiger partial charge in [-0.15, -0.1) is 0 Å². The van der Waals surface area contributed by atoms with E-state index >= 15 is 0 Å². The van der Waals surface area contributed by atoms with Crippen LogP contribution in [0.3, 0.4) is 0 Å². The van der Waals surface area contributed by atoms with E-state index in [0.29, 0.717) is 5.57 Å². The quantitative estimate of drug-likeness (QED) is 0.840. The van der Waals surface area contributed by atoms with E-state index < -0.39 is 5.60 Å². The van der Waals surface area contributed by atoms with Crippen molar-refractivity contribution < 1.29 is 4.74 Å². The SMILES string of the molecule is [C-]#[N+]C([N+]#[C-])=C1OC(C)(C)C(/C=C/c2cccc3cn[nH]c23)=C1C#N. The number of nitriles is 1. The maximum absolute atomic E-state index is 9.54. The second-order valence-electron chi connectivity index (χ2n) is 5.90. The van der Waals surface area contributed by atoms with Gasteiger partial charge in [-0.3, -0.25) is 5.10 Å². The number of nitrogens with zero attached hydrogens (tertiary/aromatic N) is 4. The van der Waals surface area contributed by atoms with Crippen LogP contribution in [0.1, 0.15) is 19.4 Å². The molecule has 120 valence electrons. The van der Waals surface area contributed by atoms with Crippen molar-refractivity contribution in [2.45, 2.75) is 19.4 Å². The summed E-state index contributed by atoms with van der Waals surface area (Å²) >= 11 is 0. The Morgan fingerprint density at radius 3 is 2.76 bits per heavy atom. The van der Waals surface area contributed by atoms with Crippen LogP contribution in [0, 0.1) is 24.5 Å². The zero-order chi connectivity index (χ0) is 18.0. The molecule has 0 radical (unpaired) electrons. The summed E-state index contributed by atoms with van der Waals surface area (Å²) in [6.07, 6.45) is 5.41. The molecule has 6 heteroatoms. The second kappa shape index (κ2) is 6.00. The molecule has 1 N–H and O–H groups in total. The Bertz CT molecular complexity index is 1060. The summed E-state index contributed by atoms with van der Waals surface area (Å²) in [6, 6.07) is 7.89. The van der Waals surface area contributed by atoms with Crippen LogP contribution >= 0.6 is 0 Å². The summed E-state index contributed by atoms with van der Waals surface area (Å²) in [6.45, 7) is 17.8. The fourth-order valence-electron chi connectivity index (χ4n) is 2.77. The molecule has 1 aliphatic heterocycles. The van der Waals surface area contributed by atoms with Crippen molar-refractivity contribution in [3.05, 3.63) is 81.6 Å². The van der Waals surface area contributed by atoms with Crippen molar-refractivity contribution in [3.8, 4) is 6.07 Å². The third-order valence-electron chi connectivity index (χ3n) is 3.97. The molecule has 2 heterocycles. The number of aromatic nitrogens is 2. The number of nitrogens with one attached hydrogen (secondary N) is 1. The van der Waals surface area contributed by atoms with Gasteiger partial charge in [0.1, 0.15) is 24.8 Å². The van der Waals surface area contributed by atoms with Crippen molar-refractivity contribution >= 4 is 17.0 Å². The Morgan fingerprint density at radius 1 is 1.32 bits per heavy atom. The molecule has 0 fully saturated rings. The summed E-state index contributed by atoms with van der Waals surface area (Å²) in [5.41, 5.74) is 1.86. The van der Waals surface area contributed by atoms with Gasteiger partial charge in [-0.05, 0) is 13.8 Å². The Hall–Kier alpha value is -3.82. The van der Waals surface area contributed by atoms with Gasteiger partial charge in [0.25, 0.3) is 0 Å². The van der Waals surface area contributed by atoms with Gasteiger partial charge in [0.05, 0.1) is 17.3 Å². The van der Waals surface area contributed by atoms with Gasteiger partial charge in [-0.2, -0.15) is 20.1 Å². The van der Waals surface area contributed by atoms with Crippen LogP contribution in [0.15, 0.2) is 53.2 Å². The molecule has 0 saturated carbocycles. The molecule has 0 aliphatic carbocycles. The van der Waals surface area contributed by atoms with Gasteiger partial charge in [0.2, 0.25) is 5.76 Å². The molecule has 3 rings (SSSR count). The molecular formula is C19H13N5O. The number of allylic oxidation sites excluding steroid dienone is 1. The van der Waals surface area contributed by atoms with Crippen LogP contribution < -0.4 is 0 Å². The predicted octanol–water partition coefficient (Wildman–Crippen LogP) is 4.21. The number of ether oxygens (including phenoxy) is 1. The fourth-order valence-corrected chi connectivity index (χ4v) is 2.77. The molecule has 0 amide bonds.